The Bertz CT molecular complexity index is 953. The largest absolute Gasteiger partial charge is 0.492 e. The van der Waals surface area contributed by atoms with Crippen LogP contribution in [-0.2, 0) is 14.8 Å². The van der Waals surface area contributed by atoms with Crippen molar-refractivity contribution >= 4 is 21.6 Å². The zero-order valence-corrected chi connectivity index (χ0v) is 18.8. The lowest BCUT2D eigenvalue weighted by Gasteiger charge is -2.20. The molecular formula is C23H31N3O4S. The Morgan fingerprint density at radius 1 is 1.03 bits per heavy atom. The number of carbonyl (C=O) groups excluding carboxylic acids is 1. The van der Waals surface area contributed by atoms with Crippen molar-refractivity contribution in [1.29, 1.82) is 0 Å². The summed E-state index contributed by atoms with van der Waals surface area (Å²) in [7, 11) is -3.46. The molecule has 0 unspecified atom stereocenters. The molecule has 1 heterocycles. The van der Waals surface area contributed by atoms with E-state index in [0.29, 0.717) is 31.9 Å². The van der Waals surface area contributed by atoms with E-state index in [1.165, 1.54) is 0 Å². The number of rotatable bonds is 9. The third-order valence-electron chi connectivity index (χ3n) is 5.19. The first kappa shape index (κ1) is 23.1. The van der Waals surface area contributed by atoms with Gasteiger partial charge in [-0.05, 0) is 61.7 Å². The number of hydrogen-bond donors (Lipinski definition) is 2. The molecule has 31 heavy (non-hydrogen) atoms. The first-order valence-electron chi connectivity index (χ1n) is 10.8. The minimum atomic E-state index is -3.46. The maximum absolute atomic E-state index is 12.8. The third kappa shape index (κ3) is 6.97. The van der Waals surface area contributed by atoms with Gasteiger partial charge in [0, 0.05) is 18.8 Å². The van der Waals surface area contributed by atoms with Gasteiger partial charge in [-0.1, -0.05) is 25.0 Å². The molecule has 7 nitrogen and oxygen atoms in total. The number of hydrogen-bond acceptors (Lipinski definition) is 5. The fourth-order valence-corrected chi connectivity index (χ4v) is 5.00. The molecule has 0 aromatic heterocycles. The fraction of sp³-hybridized carbons (Fsp3) is 0.435. The number of amides is 1. The maximum atomic E-state index is 12.8. The number of aryl methyl sites for hydroxylation is 1. The fourth-order valence-electron chi connectivity index (χ4n) is 3.49. The predicted molar refractivity (Wildman–Crippen MR) is 122 cm³/mol. The molecule has 0 bridgehead atoms. The Morgan fingerprint density at radius 3 is 2.42 bits per heavy atom. The summed E-state index contributed by atoms with van der Waals surface area (Å²) in [4.78, 5) is 12.3. The summed E-state index contributed by atoms with van der Waals surface area (Å²) in [6, 6.07) is 14.3. The van der Waals surface area contributed by atoms with Crippen LogP contribution in [0.2, 0.25) is 0 Å². The van der Waals surface area contributed by atoms with Gasteiger partial charge in [-0.15, -0.1) is 0 Å². The van der Waals surface area contributed by atoms with Gasteiger partial charge in [-0.3, -0.25) is 4.79 Å². The van der Waals surface area contributed by atoms with E-state index in [-0.39, 0.29) is 17.3 Å². The quantitative estimate of drug-likeness (QED) is 0.579. The summed E-state index contributed by atoms with van der Waals surface area (Å²) < 4.78 is 32.8. The van der Waals surface area contributed by atoms with Crippen LogP contribution in [0.3, 0.4) is 0 Å². The number of carbonyl (C=O) groups is 1. The molecular weight excluding hydrogens is 414 g/mol. The van der Waals surface area contributed by atoms with Crippen LogP contribution in [0.4, 0.5) is 5.69 Å². The molecule has 1 aliphatic rings. The van der Waals surface area contributed by atoms with Gasteiger partial charge in [0.05, 0.1) is 18.0 Å². The summed E-state index contributed by atoms with van der Waals surface area (Å²) >= 11 is 0. The molecule has 2 N–H and O–H groups in total. The lowest BCUT2D eigenvalue weighted by Crippen LogP contribution is -2.33. The van der Waals surface area contributed by atoms with Crippen LogP contribution < -0.4 is 15.4 Å². The smallest absolute Gasteiger partial charge is 0.243 e. The number of nitrogens with one attached hydrogen (secondary N) is 2. The second-order valence-electron chi connectivity index (χ2n) is 7.71. The van der Waals surface area contributed by atoms with Crippen molar-refractivity contribution in [3.8, 4) is 5.75 Å². The number of nitrogens with zero attached hydrogens (tertiary/aromatic N) is 1. The molecule has 168 valence electrons. The highest BCUT2D eigenvalue weighted by Gasteiger charge is 2.24. The second kappa shape index (κ2) is 11.2. The Kier molecular flexibility index (Phi) is 8.31. The van der Waals surface area contributed by atoms with Crippen molar-refractivity contribution < 1.29 is 17.9 Å². The summed E-state index contributed by atoms with van der Waals surface area (Å²) in [5, 5.41) is 5.81. The monoisotopic (exact) mass is 445 g/mol. The van der Waals surface area contributed by atoms with Crippen LogP contribution in [0.5, 0.6) is 5.75 Å². The Labute approximate surface area is 184 Å². The van der Waals surface area contributed by atoms with Crippen LogP contribution >= 0.6 is 0 Å². The molecule has 0 atom stereocenters. The van der Waals surface area contributed by atoms with Gasteiger partial charge in [0.15, 0.2) is 0 Å². The van der Waals surface area contributed by atoms with Crippen molar-refractivity contribution in [3.63, 3.8) is 0 Å². The first-order chi connectivity index (χ1) is 14.9. The molecule has 0 spiro atoms. The molecule has 1 fully saturated rings. The van der Waals surface area contributed by atoms with E-state index in [1.807, 2.05) is 31.2 Å². The summed E-state index contributed by atoms with van der Waals surface area (Å²) in [5.41, 5.74) is 1.82. The molecule has 1 aliphatic heterocycles. The maximum Gasteiger partial charge on any atom is 0.243 e. The van der Waals surface area contributed by atoms with Gasteiger partial charge >= 0.3 is 0 Å². The number of sulfonamides is 1. The Balaban J connectivity index is 1.41. The van der Waals surface area contributed by atoms with Gasteiger partial charge in [0.2, 0.25) is 15.9 Å². The molecule has 2 aromatic carbocycles. The lowest BCUT2D eigenvalue weighted by molar-refractivity contribution is -0.119. The van der Waals surface area contributed by atoms with Gasteiger partial charge in [0.1, 0.15) is 12.4 Å². The normalized spacial score (nSPS) is 15.1. The zero-order chi connectivity index (χ0) is 22.1. The van der Waals surface area contributed by atoms with Crippen molar-refractivity contribution in [2.75, 3.05) is 38.1 Å². The number of ether oxygens (including phenoxy) is 1. The zero-order valence-electron chi connectivity index (χ0n) is 18.0. The lowest BCUT2D eigenvalue weighted by atomic mass is 10.2. The second-order valence-corrected chi connectivity index (χ2v) is 9.65. The van der Waals surface area contributed by atoms with E-state index >= 15 is 0 Å². The highest BCUT2D eigenvalue weighted by molar-refractivity contribution is 7.89. The number of anilines is 1. The minimum Gasteiger partial charge on any atom is -0.492 e. The average Bonchev–Trinajstić information content (AvgIpc) is 3.06. The molecule has 8 heteroatoms. The van der Waals surface area contributed by atoms with Gasteiger partial charge in [-0.2, -0.15) is 4.31 Å². The van der Waals surface area contributed by atoms with Gasteiger partial charge < -0.3 is 15.4 Å². The topological polar surface area (TPSA) is 87.7 Å². The molecule has 1 amide bonds. The molecule has 2 aromatic rings. The SMILES string of the molecule is Cc1cccc(OCCNC(=O)CNc2ccc(S(=O)(=O)N3CCCCCC3)cc2)c1. The Hall–Kier alpha value is -2.58. The van der Waals surface area contributed by atoms with E-state index in [1.54, 1.807) is 28.6 Å². The molecule has 0 radical (unpaired) electrons. The number of benzene rings is 2. The molecule has 0 aliphatic carbocycles. The highest BCUT2D eigenvalue weighted by atomic mass is 32.2. The summed E-state index contributed by atoms with van der Waals surface area (Å²) in [5.74, 6) is 0.622. The van der Waals surface area contributed by atoms with Gasteiger partial charge in [0.25, 0.3) is 0 Å². The predicted octanol–water partition coefficient (Wildman–Crippen LogP) is 3.17. The van der Waals surface area contributed by atoms with Crippen LogP contribution in [0.25, 0.3) is 0 Å². The van der Waals surface area contributed by atoms with Crippen molar-refractivity contribution in [2.24, 2.45) is 0 Å². The average molecular weight is 446 g/mol. The van der Waals surface area contributed by atoms with Crippen molar-refractivity contribution in [2.45, 2.75) is 37.5 Å². The van der Waals surface area contributed by atoms with Crippen LogP contribution in [0.1, 0.15) is 31.2 Å². The Morgan fingerprint density at radius 2 is 1.74 bits per heavy atom. The van der Waals surface area contributed by atoms with Crippen LogP contribution in [-0.4, -0.2) is 51.4 Å². The van der Waals surface area contributed by atoms with E-state index in [4.69, 9.17) is 4.74 Å². The van der Waals surface area contributed by atoms with E-state index in [0.717, 1.165) is 37.0 Å². The first-order valence-corrected chi connectivity index (χ1v) is 12.2. The summed E-state index contributed by atoms with van der Waals surface area (Å²) in [6.07, 6.45) is 3.97. The van der Waals surface area contributed by atoms with Crippen molar-refractivity contribution in [3.05, 3.63) is 54.1 Å². The molecule has 3 rings (SSSR count). The third-order valence-corrected chi connectivity index (χ3v) is 7.11. The molecule has 0 saturated carbocycles. The molecule has 1 saturated heterocycles. The van der Waals surface area contributed by atoms with E-state index in [9.17, 15) is 13.2 Å². The highest BCUT2D eigenvalue weighted by Crippen LogP contribution is 2.21. The minimum absolute atomic E-state index is 0.0999. The standard InChI is InChI=1S/C23H31N3O4S/c1-19-7-6-8-21(17-19)30-16-13-24-23(27)18-25-20-9-11-22(12-10-20)31(28,29)26-14-4-2-3-5-15-26/h6-12,17,25H,2-5,13-16,18H2,1H3,(H,24,27). The van der Waals surface area contributed by atoms with E-state index < -0.39 is 10.0 Å². The summed E-state index contributed by atoms with van der Waals surface area (Å²) in [6.45, 7) is 4.05. The van der Waals surface area contributed by atoms with Crippen LogP contribution in [0, 0.1) is 6.92 Å². The van der Waals surface area contributed by atoms with Crippen LogP contribution in [0.15, 0.2) is 53.4 Å². The van der Waals surface area contributed by atoms with E-state index in [2.05, 4.69) is 10.6 Å². The van der Waals surface area contributed by atoms with Crippen molar-refractivity contribution in [1.82, 2.24) is 9.62 Å². The van der Waals surface area contributed by atoms with Gasteiger partial charge in [-0.25, -0.2) is 8.42 Å².